The number of hydrogen-bond acceptors (Lipinski definition) is 6. The predicted octanol–water partition coefficient (Wildman–Crippen LogP) is 4.88. The molecule has 0 amide bonds. The van der Waals surface area contributed by atoms with Gasteiger partial charge in [0, 0.05) is 41.1 Å². The highest BCUT2D eigenvalue weighted by molar-refractivity contribution is 6.02. The van der Waals surface area contributed by atoms with Crippen molar-refractivity contribution in [1.29, 1.82) is 5.26 Å². The van der Waals surface area contributed by atoms with E-state index in [1.165, 1.54) is 6.33 Å². The lowest BCUT2D eigenvalue weighted by molar-refractivity contribution is -0.121. The van der Waals surface area contributed by atoms with Crippen molar-refractivity contribution in [1.82, 2.24) is 24.7 Å². The standard InChI is InChI=1S/C29H24N6O/c1-18-24-11-10-23-26(25-5-3-4-12-33-25)34-35(28(23)29(24,2)13-20(14-30)27(18)36)22-8-6-19(7-9-22)21-15-31-17-32-16-21/h3-9,12-13,15-18,24H,10-11H2,1-2H3/t18-,24-,29-/m1/s1. The van der Waals surface area contributed by atoms with Crippen molar-refractivity contribution < 1.29 is 4.79 Å². The fourth-order valence-electron chi connectivity index (χ4n) is 5.99. The van der Waals surface area contributed by atoms with Crippen molar-refractivity contribution in [3.05, 3.63) is 90.3 Å². The largest absolute Gasteiger partial charge is 0.293 e. The number of aromatic nitrogens is 5. The Morgan fingerprint density at radius 2 is 1.86 bits per heavy atom. The summed E-state index contributed by atoms with van der Waals surface area (Å²) in [6.45, 7) is 4.10. The Balaban J connectivity index is 1.57. The molecule has 36 heavy (non-hydrogen) atoms. The van der Waals surface area contributed by atoms with Crippen molar-refractivity contribution in [2.24, 2.45) is 11.8 Å². The molecule has 2 aliphatic rings. The number of pyridine rings is 1. The molecular weight excluding hydrogens is 448 g/mol. The van der Waals surface area contributed by atoms with Gasteiger partial charge in [0.05, 0.1) is 22.6 Å². The number of Topliss-reactive ketones (excluding diaryl/α,β-unsaturated/α-hetero) is 1. The fraction of sp³-hybridized carbons (Fsp3) is 0.241. The van der Waals surface area contributed by atoms with E-state index in [1.54, 1.807) is 18.6 Å². The van der Waals surface area contributed by atoms with Gasteiger partial charge in [-0.2, -0.15) is 10.4 Å². The lowest BCUT2D eigenvalue weighted by Gasteiger charge is -2.45. The molecule has 7 nitrogen and oxygen atoms in total. The molecule has 4 aromatic rings. The second-order valence-electron chi connectivity index (χ2n) is 9.73. The Hall–Kier alpha value is -4.44. The lowest BCUT2D eigenvalue weighted by atomic mass is 9.58. The van der Waals surface area contributed by atoms with E-state index in [1.807, 2.05) is 60.1 Å². The predicted molar refractivity (Wildman–Crippen MR) is 135 cm³/mol. The summed E-state index contributed by atoms with van der Waals surface area (Å²) in [4.78, 5) is 25.7. The molecule has 3 aromatic heterocycles. The molecule has 1 aromatic carbocycles. The van der Waals surface area contributed by atoms with Gasteiger partial charge in [0.2, 0.25) is 0 Å². The van der Waals surface area contributed by atoms with Gasteiger partial charge < -0.3 is 0 Å². The molecule has 7 heteroatoms. The van der Waals surface area contributed by atoms with Crippen LogP contribution in [-0.4, -0.2) is 30.5 Å². The zero-order chi connectivity index (χ0) is 24.9. The third kappa shape index (κ3) is 3.29. The second kappa shape index (κ2) is 8.35. The van der Waals surface area contributed by atoms with Gasteiger partial charge in [-0.25, -0.2) is 14.6 Å². The van der Waals surface area contributed by atoms with Crippen molar-refractivity contribution in [2.75, 3.05) is 0 Å². The first-order valence-electron chi connectivity index (χ1n) is 12.1. The summed E-state index contributed by atoms with van der Waals surface area (Å²) in [5.74, 6) is -0.207. The smallest absolute Gasteiger partial charge is 0.176 e. The first-order chi connectivity index (χ1) is 17.5. The molecular formula is C29H24N6O. The number of nitriles is 1. The van der Waals surface area contributed by atoms with Crippen LogP contribution in [0.4, 0.5) is 0 Å². The summed E-state index contributed by atoms with van der Waals surface area (Å²) in [6, 6.07) is 16.1. The van der Waals surface area contributed by atoms with Crippen LogP contribution in [0.5, 0.6) is 0 Å². The first kappa shape index (κ1) is 22.1. The number of fused-ring (bicyclic) bond motifs is 3. The zero-order valence-electron chi connectivity index (χ0n) is 20.1. The van der Waals surface area contributed by atoms with E-state index in [2.05, 4.69) is 27.9 Å². The maximum absolute atomic E-state index is 12.9. The van der Waals surface area contributed by atoms with Gasteiger partial charge in [-0.1, -0.05) is 38.1 Å². The van der Waals surface area contributed by atoms with Crippen LogP contribution in [0.2, 0.25) is 0 Å². The number of nitrogens with zero attached hydrogens (tertiary/aromatic N) is 6. The molecule has 3 atom stereocenters. The number of rotatable bonds is 3. The minimum atomic E-state index is -0.516. The Morgan fingerprint density at radius 1 is 1.08 bits per heavy atom. The molecule has 176 valence electrons. The van der Waals surface area contributed by atoms with Gasteiger partial charge in [0.15, 0.2) is 5.78 Å². The van der Waals surface area contributed by atoms with E-state index in [0.29, 0.717) is 0 Å². The number of allylic oxidation sites excluding steroid dienone is 2. The zero-order valence-corrected chi connectivity index (χ0v) is 20.1. The Morgan fingerprint density at radius 3 is 2.56 bits per heavy atom. The number of ketones is 1. The second-order valence-corrected chi connectivity index (χ2v) is 9.73. The first-order valence-corrected chi connectivity index (χ1v) is 12.1. The van der Waals surface area contributed by atoms with Gasteiger partial charge in [0.1, 0.15) is 18.1 Å². The molecule has 0 fully saturated rings. The van der Waals surface area contributed by atoms with Crippen molar-refractivity contribution in [3.8, 4) is 34.3 Å². The van der Waals surface area contributed by atoms with E-state index in [0.717, 1.165) is 52.3 Å². The summed E-state index contributed by atoms with van der Waals surface area (Å²) < 4.78 is 1.99. The fourth-order valence-corrected chi connectivity index (χ4v) is 5.99. The van der Waals surface area contributed by atoms with Crippen LogP contribution in [0, 0.1) is 23.2 Å². The molecule has 0 saturated heterocycles. The van der Waals surface area contributed by atoms with E-state index < -0.39 is 5.41 Å². The van der Waals surface area contributed by atoms with Crippen LogP contribution in [-0.2, 0) is 16.6 Å². The Kier molecular flexibility index (Phi) is 5.11. The van der Waals surface area contributed by atoms with E-state index in [4.69, 9.17) is 5.10 Å². The summed E-state index contributed by atoms with van der Waals surface area (Å²) >= 11 is 0. The van der Waals surface area contributed by atoms with E-state index in [9.17, 15) is 10.1 Å². The van der Waals surface area contributed by atoms with Crippen LogP contribution in [0.15, 0.2) is 79.0 Å². The number of benzene rings is 1. The summed E-state index contributed by atoms with van der Waals surface area (Å²) in [5, 5.41) is 14.9. The minimum Gasteiger partial charge on any atom is -0.293 e. The third-order valence-electron chi connectivity index (χ3n) is 7.73. The summed E-state index contributed by atoms with van der Waals surface area (Å²) in [6.07, 6.45) is 10.4. The molecule has 2 aliphatic carbocycles. The molecule has 0 saturated carbocycles. The van der Waals surface area contributed by atoms with E-state index >= 15 is 0 Å². The van der Waals surface area contributed by atoms with Crippen molar-refractivity contribution >= 4 is 5.78 Å². The van der Waals surface area contributed by atoms with Crippen molar-refractivity contribution in [2.45, 2.75) is 32.1 Å². The number of carbonyl (C=O) groups excluding carboxylic acids is 1. The maximum Gasteiger partial charge on any atom is 0.176 e. The normalized spacial score (nSPS) is 22.8. The maximum atomic E-state index is 12.9. The average Bonchev–Trinajstić information content (AvgIpc) is 3.33. The van der Waals surface area contributed by atoms with Gasteiger partial charge in [-0.15, -0.1) is 0 Å². The monoisotopic (exact) mass is 472 g/mol. The van der Waals surface area contributed by atoms with Crippen LogP contribution in [0.1, 0.15) is 31.5 Å². The SMILES string of the molecule is C[C@H]1C(=O)C(C#N)=C[C@@]2(C)c3c(c(-c4ccccn4)nn3-c3ccc(-c4cncnc4)cc3)CC[C@H]12. The molecule has 0 aliphatic heterocycles. The topological polar surface area (TPSA) is 97.3 Å². The average molecular weight is 473 g/mol. The summed E-state index contributed by atoms with van der Waals surface area (Å²) in [7, 11) is 0. The summed E-state index contributed by atoms with van der Waals surface area (Å²) in [5.41, 5.74) is 6.41. The minimum absolute atomic E-state index is 0.0612. The molecule has 0 bridgehead atoms. The van der Waals surface area contributed by atoms with Crippen LogP contribution < -0.4 is 0 Å². The highest BCUT2D eigenvalue weighted by Gasteiger charge is 2.50. The van der Waals surface area contributed by atoms with Crippen molar-refractivity contribution in [3.63, 3.8) is 0 Å². The highest BCUT2D eigenvalue weighted by atomic mass is 16.1. The quantitative estimate of drug-likeness (QED) is 0.422. The van der Waals surface area contributed by atoms with E-state index in [-0.39, 0.29) is 23.2 Å². The lowest BCUT2D eigenvalue weighted by Crippen LogP contribution is -2.46. The Labute approximate surface area is 209 Å². The molecule has 6 rings (SSSR count). The molecule has 0 unspecified atom stereocenters. The van der Waals surface area contributed by atoms with Gasteiger partial charge >= 0.3 is 0 Å². The molecule has 0 spiro atoms. The number of carbonyl (C=O) groups is 1. The Bertz CT molecular complexity index is 1530. The van der Waals surface area contributed by atoms with Crippen LogP contribution in [0.3, 0.4) is 0 Å². The molecule has 0 N–H and O–H groups in total. The van der Waals surface area contributed by atoms with Gasteiger partial charge in [-0.05, 0) is 48.6 Å². The van der Waals surface area contributed by atoms with Crippen LogP contribution in [0.25, 0.3) is 28.2 Å². The number of hydrogen-bond donors (Lipinski definition) is 0. The highest BCUT2D eigenvalue weighted by Crippen LogP contribution is 2.52. The molecule has 3 heterocycles. The third-order valence-corrected chi connectivity index (χ3v) is 7.73. The van der Waals surface area contributed by atoms with Gasteiger partial charge in [-0.3, -0.25) is 9.78 Å². The van der Waals surface area contributed by atoms with Gasteiger partial charge in [0.25, 0.3) is 0 Å². The molecule has 0 radical (unpaired) electrons. The van der Waals surface area contributed by atoms with Crippen LogP contribution >= 0.6 is 0 Å².